The summed E-state index contributed by atoms with van der Waals surface area (Å²) in [4.78, 5) is 15.4. The van der Waals surface area contributed by atoms with Gasteiger partial charge in [-0.25, -0.2) is 0 Å². The average molecular weight is 329 g/mol. The predicted molar refractivity (Wildman–Crippen MR) is 95.8 cm³/mol. The van der Waals surface area contributed by atoms with Gasteiger partial charge in [0, 0.05) is 17.8 Å². The number of nitrogens with zero attached hydrogens (tertiary/aromatic N) is 1. The maximum atomic E-state index is 12.4. The van der Waals surface area contributed by atoms with Gasteiger partial charge in [0.2, 0.25) is 5.91 Å². The van der Waals surface area contributed by atoms with Gasteiger partial charge >= 0.3 is 0 Å². The van der Waals surface area contributed by atoms with E-state index in [4.69, 9.17) is 4.74 Å². The van der Waals surface area contributed by atoms with Gasteiger partial charge in [-0.1, -0.05) is 30.3 Å². The number of hydrogen-bond acceptors (Lipinski definition) is 3. The first kappa shape index (κ1) is 17.3. The Hall–Kier alpha value is -2.07. The third-order valence-corrected chi connectivity index (χ3v) is 4.38. The lowest BCUT2D eigenvalue weighted by Gasteiger charge is -2.20. The molecule has 2 rings (SSSR count). The standard InChI is InChI=1S/C19H23NO2S/c1-3-12-20(15-17-9-7-14-23-17)19(21)11-6-13-22-18-10-5-4-8-16(18)2/h3-5,7-10,14H,1,6,11-13,15H2,2H3. The minimum Gasteiger partial charge on any atom is -0.493 e. The van der Waals surface area contributed by atoms with E-state index in [1.807, 2.05) is 47.5 Å². The molecule has 1 aromatic carbocycles. The van der Waals surface area contributed by atoms with Crippen molar-refractivity contribution in [3.63, 3.8) is 0 Å². The van der Waals surface area contributed by atoms with Crippen molar-refractivity contribution in [2.24, 2.45) is 0 Å². The number of carbonyl (C=O) groups is 1. The molecular weight excluding hydrogens is 306 g/mol. The van der Waals surface area contributed by atoms with Gasteiger partial charge in [0.15, 0.2) is 0 Å². The van der Waals surface area contributed by atoms with Crippen LogP contribution in [0.1, 0.15) is 23.3 Å². The van der Waals surface area contributed by atoms with Crippen LogP contribution >= 0.6 is 11.3 Å². The molecule has 0 aliphatic rings. The fraction of sp³-hybridized carbons (Fsp3) is 0.316. The number of para-hydroxylation sites is 1. The Bertz CT molecular complexity index is 622. The summed E-state index contributed by atoms with van der Waals surface area (Å²) in [5, 5.41) is 2.03. The topological polar surface area (TPSA) is 29.5 Å². The Labute approximate surface area is 142 Å². The highest BCUT2D eigenvalue weighted by atomic mass is 32.1. The van der Waals surface area contributed by atoms with Gasteiger partial charge in [-0.15, -0.1) is 17.9 Å². The van der Waals surface area contributed by atoms with Crippen LogP contribution in [0.2, 0.25) is 0 Å². The third-order valence-electron chi connectivity index (χ3n) is 3.52. The van der Waals surface area contributed by atoms with E-state index in [1.54, 1.807) is 17.4 Å². The van der Waals surface area contributed by atoms with Crippen LogP contribution in [0.15, 0.2) is 54.4 Å². The molecule has 3 nitrogen and oxygen atoms in total. The molecule has 0 bridgehead atoms. The Kier molecular flexibility index (Phi) is 6.88. The molecule has 0 unspecified atom stereocenters. The lowest BCUT2D eigenvalue weighted by molar-refractivity contribution is -0.131. The van der Waals surface area contributed by atoms with Gasteiger partial charge in [0.05, 0.1) is 13.2 Å². The number of amides is 1. The average Bonchev–Trinajstić information content (AvgIpc) is 3.05. The van der Waals surface area contributed by atoms with E-state index in [-0.39, 0.29) is 5.91 Å². The monoisotopic (exact) mass is 329 g/mol. The summed E-state index contributed by atoms with van der Waals surface area (Å²) >= 11 is 1.67. The molecule has 0 radical (unpaired) electrons. The number of hydrogen-bond donors (Lipinski definition) is 0. The minimum absolute atomic E-state index is 0.145. The summed E-state index contributed by atoms with van der Waals surface area (Å²) in [5.41, 5.74) is 1.12. The summed E-state index contributed by atoms with van der Waals surface area (Å²) < 4.78 is 5.74. The van der Waals surface area contributed by atoms with Crippen molar-refractivity contribution in [3.8, 4) is 5.75 Å². The largest absolute Gasteiger partial charge is 0.493 e. The second-order valence-electron chi connectivity index (χ2n) is 5.36. The van der Waals surface area contributed by atoms with Crippen LogP contribution < -0.4 is 4.74 Å². The van der Waals surface area contributed by atoms with Gasteiger partial charge in [0.1, 0.15) is 5.75 Å². The van der Waals surface area contributed by atoms with Crippen molar-refractivity contribution in [2.45, 2.75) is 26.3 Å². The highest BCUT2D eigenvalue weighted by Crippen LogP contribution is 2.17. The van der Waals surface area contributed by atoms with Crippen LogP contribution in [-0.2, 0) is 11.3 Å². The van der Waals surface area contributed by atoms with E-state index in [2.05, 4.69) is 12.6 Å². The van der Waals surface area contributed by atoms with Crippen LogP contribution in [0.3, 0.4) is 0 Å². The Morgan fingerprint density at radius 2 is 2.13 bits per heavy atom. The number of rotatable bonds is 9. The maximum Gasteiger partial charge on any atom is 0.223 e. The SMILES string of the molecule is C=CCN(Cc1cccs1)C(=O)CCCOc1ccccc1C. The van der Waals surface area contributed by atoms with E-state index in [0.29, 0.717) is 32.5 Å². The molecule has 0 saturated heterocycles. The van der Waals surface area contributed by atoms with Gasteiger partial charge < -0.3 is 9.64 Å². The Morgan fingerprint density at radius 3 is 2.83 bits per heavy atom. The fourth-order valence-electron chi connectivity index (χ4n) is 2.28. The number of aryl methyl sites for hydroxylation is 1. The highest BCUT2D eigenvalue weighted by molar-refractivity contribution is 7.09. The third kappa shape index (κ3) is 5.57. The van der Waals surface area contributed by atoms with Crippen LogP contribution in [0.25, 0.3) is 0 Å². The second kappa shape index (κ2) is 9.16. The van der Waals surface area contributed by atoms with Crippen molar-refractivity contribution < 1.29 is 9.53 Å². The molecule has 2 aromatic rings. The maximum absolute atomic E-state index is 12.4. The quantitative estimate of drug-likeness (QED) is 0.503. The van der Waals surface area contributed by atoms with Crippen molar-refractivity contribution in [1.29, 1.82) is 0 Å². The zero-order chi connectivity index (χ0) is 16.5. The Balaban J connectivity index is 1.77. The van der Waals surface area contributed by atoms with E-state index in [9.17, 15) is 4.79 Å². The molecule has 1 amide bonds. The van der Waals surface area contributed by atoms with E-state index in [1.165, 1.54) is 4.88 Å². The molecule has 122 valence electrons. The number of benzene rings is 1. The summed E-state index contributed by atoms with van der Waals surface area (Å²) in [6.07, 6.45) is 2.98. The Morgan fingerprint density at radius 1 is 1.30 bits per heavy atom. The van der Waals surface area contributed by atoms with Gasteiger partial charge in [0.25, 0.3) is 0 Å². The van der Waals surface area contributed by atoms with Crippen molar-refractivity contribution in [1.82, 2.24) is 4.90 Å². The van der Waals surface area contributed by atoms with E-state index < -0.39 is 0 Å². The summed E-state index contributed by atoms with van der Waals surface area (Å²) in [7, 11) is 0. The molecule has 1 aromatic heterocycles. The minimum atomic E-state index is 0.145. The van der Waals surface area contributed by atoms with Crippen LogP contribution in [0.5, 0.6) is 5.75 Å². The van der Waals surface area contributed by atoms with E-state index >= 15 is 0 Å². The zero-order valence-electron chi connectivity index (χ0n) is 13.5. The smallest absolute Gasteiger partial charge is 0.223 e. The lowest BCUT2D eigenvalue weighted by Crippen LogP contribution is -2.30. The molecule has 0 aliphatic carbocycles. The first-order valence-corrected chi connectivity index (χ1v) is 8.68. The van der Waals surface area contributed by atoms with Crippen molar-refractivity contribution >= 4 is 17.2 Å². The van der Waals surface area contributed by atoms with Crippen LogP contribution in [0.4, 0.5) is 0 Å². The molecule has 23 heavy (non-hydrogen) atoms. The molecule has 1 heterocycles. The lowest BCUT2D eigenvalue weighted by atomic mass is 10.2. The molecule has 4 heteroatoms. The molecule has 0 fully saturated rings. The zero-order valence-corrected chi connectivity index (χ0v) is 14.3. The highest BCUT2D eigenvalue weighted by Gasteiger charge is 2.13. The molecule has 0 saturated carbocycles. The number of thiophene rings is 1. The van der Waals surface area contributed by atoms with Crippen molar-refractivity contribution in [2.75, 3.05) is 13.2 Å². The first-order valence-electron chi connectivity index (χ1n) is 7.80. The molecule has 0 spiro atoms. The normalized spacial score (nSPS) is 10.3. The van der Waals surface area contributed by atoms with E-state index in [0.717, 1.165) is 11.3 Å². The summed E-state index contributed by atoms with van der Waals surface area (Å²) in [6.45, 7) is 7.55. The van der Waals surface area contributed by atoms with Gasteiger partial charge in [-0.3, -0.25) is 4.79 Å². The fourth-order valence-corrected chi connectivity index (χ4v) is 3.00. The second-order valence-corrected chi connectivity index (χ2v) is 6.39. The van der Waals surface area contributed by atoms with Crippen LogP contribution in [0, 0.1) is 6.92 Å². The number of ether oxygens (including phenoxy) is 1. The van der Waals surface area contributed by atoms with Crippen LogP contribution in [-0.4, -0.2) is 24.0 Å². The van der Waals surface area contributed by atoms with Gasteiger partial charge in [-0.2, -0.15) is 0 Å². The number of carbonyl (C=O) groups excluding carboxylic acids is 1. The molecule has 0 N–H and O–H groups in total. The molecule has 0 atom stereocenters. The predicted octanol–water partition coefficient (Wildman–Crippen LogP) is 4.43. The van der Waals surface area contributed by atoms with Gasteiger partial charge in [-0.05, 0) is 36.4 Å². The summed E-state index contributed by atoms with van der Waals surface area (Å²) in [6, 6.07) is 12.0. The summed E-state index contributed by atoms with van der Waals surface area (Å²) in [5.74, 6) is 1.04. The first-order chi connectivity index (χ1) is 11.2. The molecule has 0 aliphatic heterocycles. The van der Waals surface area contributed by atoms with Crippen molar-refractivity contribution in [3.05, 3.63) is 64.9 Å². The molecular formula is C19H23NO2S.